The average Bonchev–Trinajstić information content (AvgIpc) is 3.31. The molecule has 0 radical (unpaired) electrons. The van der Waals surface area contributed by atoms with E-state index in [0.29, 0.717) is 38.0 Å². The highest BCUT2D eigenvalue weighted by Crippen LogP contribution is 2.31. The second-order valence-electron chi connectivity index (χ2n) is 6.41. The van der Waals surface area contributed by atoms with Gasteiger partial charge in [-0.05, 0) is 35.9 Å². The molecular formula is C20H11Cl5N4O2. The van der Waals surface area contributed by atoms with E-state index in [1.165, 1.54) is 6.07 Å². The van der Waals surface area contributed by atoms with E-state index >= 15 is 0 Å². The van der Waals surface area contributed by atoms with Crippen molar-refractivity contribution in [3.05, 3.63) is 85.0 Å². The molecule has 1 amide bonds. The number of amides is 1. The van der Waals surface area contributed by atoms with Crippen molar-refractivity contribution < 1.29 is 9.32 Å². The molecule has 4 aromatic rings. The molecule has 158 valence electrons. The fraction of sp³-hybridized carbons (Fsp3) is 0.0500. The molecule has 11 heteroatoms. The molecular weight excluding hydrogens is 506 g/mol. The molecule has 0 bridgehead atoms. The van der Waals surface area contributed by atoms with E-state index in [0.717, 1.165) is 5.56 Å². The normalized spacial score (nSPS) is 11.0. The molecule has 2 aromatic heterocycles. The standard InChI is InChI=1S/C20H11Cl5N4O2/c21-11-2-1-10(14(23)5-11)8-29-9-16(25)19(27-29)26-20(30)17-7-18(31-28-17)13-4-3-12(22)6-15(13)24/h1-7,9H,8H2,(H,26,27,30). The second-order valence-corrected chi connectivity index (χ2v) is 8.51. The minimum absolute atomic E-state index is 0.0346. The van der Waals surface area contributed by atoms with Crippen molar-refractivity contribution in [2.45, 2.75) is 6.54 Å². The van der Waals surface area contributed by atoms with Crippen LogP contribution < -0.4 is 5.32 Å². The number of carbonyl (C=O) groups excluding carboxylic acids is 1. The first kappa shape index (κ1) is 22.0. The lowest BCUT2D eigenvalue weighted by Gasteiger charge is -2.05. The van der Waals surface area contributed by atoms with Gasteiger partial charge in [0.1, 0.15) is 5.02 Å². The lowest BCUT2D eigenvalue weighted by molar-refractivity contribution is 0.101. The molecule has 0 saturated carbocycles. The van der Waals surface area contributed by atoms with Gasteiger partial charge in [0.25, 0.3) is 5.91 Å². The maximum atomic E-state index is 12.6. The number of nitrogens with zero attached hydrogens (tertiary/aromatic N) is 3. The van der Waals surface area contributed by atoms with Gasteiger partial charge in [0, 0.05) is 32.9 Å². The van der Waals surface area contributed by atoms with Crippen LogP contribution in [0.15, 0.2) is 53.2 Å². The van der Waals surface area contributed by atoms with Crippen molar-refractivity contribution in [2.75, 3.05) is 5.32 Å². The maximum Gasteiger partial charge on any atom is 0.279 e. The van der Waals surface area contributed by atoms with Crippen LogP contribution in [0.25, 0.3) is 11.3 Å². The molecule has 0 aliphatic carbocycles. The lowest BCUT2D eigenvalue weighted by Crippen LogP contribution is -2.13. The van der Waals surface area contributed by atoms with Gasteiger partial charge in [-0.2, -0.15) is 5.10 Å². The van der Waals surface area contributed by atoms with Crippen molar-refractivity contribution in [1.29, 1.82) is 0 Å². The van der Waals surface area contributed by atoms with Crippen LogP contribution >= 0.6 is 58.0 Å². The summed E-state index contributed by atoms with van der Waals surface area (Å²) < 4.78 is 6.80. The van der Waals surface area contributed by atoms with E-state index in [4.69, 9.17) is 62.5 Å². The van der Waals surface area contributed by atoms with E-state index in [-0.39, 0.29) is 16.5 Å². The number of aromatic nitrogens is 3. The summed E-state index contributed by atoms with van der Waals surface area (Å²) in [5.74, 6) is -0.0524. The Bertz CT molecular complexity index is 1280. The molecule has 0 atom stereocenters. The molecule has 0 unspecified atom stereocenters. The molecule has 4 rings (SSSR count). The Morgan fingerprint density at radius 2 is 1.65 bits per heavy atom. The van der Waals surface area contributed by atoms with Gasteiger partial charge in [-0.15, -0.1) is 0 Å². The number of hydrogen-bond acceptors (Lipinski definition) is 4. The van der Waals surface area contributed by atoms with E-state index in [9.17, 15) is 4.79 Å². The molecule has 6 nitrogen and oxygen atoms in total. The minimum Gasteiger partial charge on any atom is -0.355 e. The van der Waals surface area contributed by atoms with Gasteiger partial charge >= 0.3 is 0 Å². The number of benzene rings is 2. The van der Waals surface area contributed by atoms with Crippen LogP contribution in [0.3, 0.4) is 0 Å². The summed E-state index contributed by atoms with van der Waals surface area (Å²) >= 11 is 30.4. The van der Waals surface area contributed by atoms with Crippen LogP contribution in [0.1, 0.15) is 16.1 Å². The van der Waals surface area contributed by atoms with Crippen LogP contribution in [0, 0.1) is 0 Å². The molecule has 31 heavy (non-hydrogen) atoms. The first-order chi connectivity index (χ1) is 14.8. The van der Waals surface area contributed by atoms with Crippen molar-refractivity contribution >= 4 is 69.7 Å². The highest BCUT2D eigenvalue weighted by atomic mass is 35.5. The SMILES string of the molecule is O=C(Nc1nn(Cc2ccc(Cl)cc2Cl)cc1Cl)c1cc(-c2ccc(Cl)cc2Cl)on1. The molecule has 0 saturated heterocycles. The number of carbonyl (C=O) groups is 1. The zero-order valence-corrected chi connectivity index (χ0v) is 19.2. The molecule has 0 spiro atoms. The summed E-state index contributed by atoms with van der Waals surface area (Å²) in [6, 6.07) is 11.5. The first-order valence-electron chi connectivity index (χ1n) is 8.70. The van der Waals surface area contributed by atoms with E-state index in [1.807, 2.05) is 0 Å². The maximum absolute atomic E-state index is 12.6. The van der Waals surface area contributed by atoms with Crippen LogP contribution in [0.2, 0.25) is 25.1 Å². The topological polar surface area (TPSA) is 73.0 Å². The third-order valence-electron chi connectivity index (χ3n) is 4.24. The first-order valence-corrected chi connectivity index (χ1v) is 10.6. The largest absolute Gasteiger partial charge is 0.355 e. The van der Waals surface area contributed by atoms with Gasteiger partial charge in [0.2, 0.25) is 0 Å². The van der Waals surface area contributed by atoms with Crippen LogP contribution in [-0.2, 0) is 6.54 Å². The Morgan fingerprint density at radius 1 is 0.935 bits per heavy atom. The van der Waals surface area contributed by atoms with Crippen LogP contribution in [0.5, 0.6) is 0 Å². The molecule has 2 aromatic carbocycles. The fourth-order valence-electron chi connectivity index (χ4n) is 2.76. The van der Waals surface area contributed by atoms with E-state index < -0.39 is 5.91 Å². The summed E-state index contributed by atoms with van der Waals surface area (Å²) in [4.78, 5) is 12.6. The Labute approximate surface area is 201 Å². The van der Waals surface area contributed by atoms with Crippen molar-refractivity contribution in [1.82, 2.24) is 14.9 Å². The third kappa shape index (κ3) is 5.00. The summed E-state index contributed by atoms with van der Waals surface area (Å²) in [6.07, 6.45) is 1.57. The molecule has 2 heterocycles. The van der Waals surface area contributed by atoms with Gasteiger partial charge in [0.15, 0.2) is 17.3 Å². The summed E-state index contributed by atoms with van der Waals surface area (Å²) in [5, 5.41) is 12.8. The highest BCUT2D eigenvalue weighted by Gasteiger charge is 2.18. The van der Waals surface area contributed by atoms with E-state index in [2.05, 4.69) is 15.6 Å². The average molecular weight is 517 g/mol. The molecule has 0 aliphatic rings. The summed E-state index contributed by atoms with van der Waals surface area (Å²) in [7, 11) is 0. The third-order valence-corrected chi connectivity index (χ3v) is 5.65. The molecule has 0 fully saturated rings. The predicted octanol–water partition coefficient (Wildman–Crippen LogP) is 7.11. The second kappa shape index (κ2) is 9.10. The lowest BCUT2D eigenvalue weighted by atomic mass is 10.1. The Hall–Kier alpha value is -2.22. The van der Waals surface area contributed by atoms with Gasteiger partial charge in [-0.1, -0.05) is 69.2 Å². The Kier molecular flexibility index (Phi) is 6.46. The predicted molar refractivity (Wildman–Crippen MR) is 123 cm³/mol. The smallest absolute Gasteiger partial charge is 0.279 e. The summed E-state index contributed by atoms with van der Waals surface area (Å²) in [6.45, 7) is 0.342. The van der Waals surface area contributed by atoms with Crippen molar-refractivity contribution in [3.8, 4) is 11.3 Å². The van der Waals surface area contributed by atoms with Gasteiger partial charge in [-0.3, -0.25) is 9.48 Å². The zero-order chi connectivity index (χ0) is 22.1. The highest BCUT2D eigenvalue weighted by molar-refractivity contribution is 6.36. The fourth-order valence-corrected chi connectivity index (χ4v) is 3.92. The van der Waals surface area contributed by atoms with Gasteiger partial charge in [0.05, 0.1) is 11.6 Å². The number of hydrogen-bond donors (Lipinski definition) is 1. The van der Waals surface area contributed by atoms with Crippen LogP contribution in [-0.4, -0.2) is 20.8 Å². The number of anilines is 1. The zero-order valence-electron chi connectivity index (χ0n) is 15.4. The molecule has 0 aliphatic heterocycles. The Balaban J connectivity index is 1.50. The summed E-state index contributed by atoms with van der Waals surface area (Å²) in [5.41, 5.74) is 1.39. The number of rotatable bonds is 5. The van der Waals surface area contributed by atoms with Gasteiger partial charge in [-0.25, -0.2) is 0 Å². The Morgan fingerprint density at radius 3 is 2.35 bits per heavy atom. The number of nitrogens with one attached hydrogen (secondary N) is 1. The molecule has 1 N–H and O–H groups in total. The van der Waals surface area contributed by atoms with Gasteiger partial charge < -0.3 is 9.84 Å². The van der Waals surface area contributed by atoms with E-state index in [1.54, 1.807) is 47.3 Å². The quantitative estimate of drug-likeness (QED) is 0.307. The minimum atomic E-state index is -0.545. The van der Waals surface area contributed by atoms with Crippen molar-refractivity contribution in [2.24, 2.45) is 0 Å². The van der Waals surface area contributed by atoms with Crippen LogP contribution in [0.4, 0.5) is 5.82 Å². The number of halogens is 5. The monoisotopic (exact) mass is 514 g/mol. The van der Waals surface area contributed by atoms with Crippen molar-refractivity contribution in [3.63, 3.8) is 0 Å².